The third-order valence-corrected chi connectivity index (χ3v) is 4.12. The van der Waals surface area contributed by atoms with Gasteiger partial charge in [-0.05, 0) is 54.1 Å². The lowest BCUT2D eigenvalue weighted by Crippen LogP contribution is -2.41. The van der Waals surface area contributed by atoms with Crippen molar-refractivity contribution >= 4 is 5.96 Å². The standard InChI is InChI=1S/C18H41N5O/c1-16(2)23(17(3)4)13-9-11-21-18(19-5)20-10-8-12-22(6)14-15-24-7/h16-17H,8-15H2,1-7H3,(H2,19,20,21). The zero-order valence-electron chi connectivity index (χ0n) is 17.1. The molecule has 0 aromatic rings. The number of methoxy groups -OCH3 is 1. The molecule has 6 nitrogen and oxygen atoms in total. The Morgan fingerprint density at radius 2 is 1.50 bits per heavy atom. The van der Waals surface area contributed by atoms with E-state index in [-0.39, 0.29) is 0 Å². The van der Waals surface area contributed by atoms with Gasteiger partial charge in [0.1, 0.15) is 0 Å². The van der Waals surface area contributed by atoms with E-state index in [1.165, 1.54) is 0 Å². The van der Waals surface area contributed by atoms with Gasteiger partial charge in [0.05, 0.1) is 6.61 Å². The first-order valence-electron chi connectivity index (χ1n) is 9.30. The van der Waals surface area contributed by atoms with Crippen LogP contribution in [0.5, 0.6) is 0 Å². The van der Waals surface area contributed by atoms with Crippen LogP contribution in [0.4, 0.5) is 0 Å². The Labute approximate surface area is 150 Å². The van der Waals surface area contributed by atoms with E-state index < -0.39 is 0 Å². The summed E-state index contributed by atoms with van der Waals surface area (Å²) in [6.07, 6.45) is 2.21. The minimum absolute atomic E-state index is 0.595. The predicted octanol–water partition coefficient (Wildman–Crippen LogP) is 1.63. The molecule has 6 heteroatoms. The summed E-state index contributed by atoms with van der Waals surface area (Å²) >= 11 is 0. The van der Waals surface area contributed by atoms with Crippen LogP contribution in [0.15, 0.2) is 4.99 Å². The molecular formula is C18H41N5O. The molecule has 0 aromatic carbocycles. The normalized spacial score (nSPS) is 12.7. The van der Waals surface area contributed by atoms with Crippen LogP contribution in [-0.2, 0) is 4.74 Å². The van der Waals surface area contributed by atoms with E-state index >= 15 is 0 Å². The van der Waals surface area contributed by atoms with Crippen LogP contribution in [-0.4, -0.2) is 88.4 Å². The smallest absolute Gasteiger partial charge is 0.190 e. The molecule has 2 N–H and O–H groups in total. The molecule has 0 aliphatic carbocycles. The molecular weight excluding hydrogens is 302 g/mol. The molecule has 0 aliphatic rings. The Morgan fingerprint density at radius 3 is 1.96 bits per heavy atom. The van der Waals surface area contributed by atoms with Gasteiger partial charge in [-0.15, -0.1) is 0 Å². The van der Waals surface area contributed by atoms with Gasteiger partial charge in [-0.25, -0.2) is 0 Å². The predicted molar refractivity (Wildman–Crippen MR) is 105 cm³/mol. The molecule has 0 fully saturated rings. The van der Waals surface area contributed by atoms with Crippen LogP contribution < -0.4 is 10.6 Å². The summed E-state index contributed by atoms with van der Waals surface area (Å²) in [4.78, 5) is 9.10. The quantitative estimate of drug-likeness (QED) is 0.302. The van der Waals surface area contributed by atoms with Gasteiger partial charge in [-0.2, -0.15) is 0 Å². The second kappa shape index (κ2) is 14.5. The van der Waals surface area contributed by atoms with Crippen molar-refractivity contribution in [1.82, 2.24) is 20.4 Å². The van der Waals surface area contributed by atoms with Crippen molar-refractivity contribution in [2.45, 2.75) is 52.6 Å². The van der Waals surface area contributed by atoms with E-state index in [0.717, 1.165) is 58.1 Å². The summed E-state index contributed by atoms with van der Waals surface area (Å²) in [6, 6.07) is 1.19. The largest absolute Gasteiger partial charge is 0.383 e. The molecule has 0 aliphatic heterocycles. The monoisotopic (exact) mass is 343 g/mol. The Balaban J connectivity index is 3.81. The maximum Gasteiger partial charge on any atom is 0.190 e. The van der Waals surface area contributed by atoms with Gasteiger partial charge in [0, 0.05) is 52.4 Å². The zero-order valence-corrected chi connectivity index (χ0v) is 17.1. The van der Waals surface area contributed by atoms with Crippen molar-refractivity contribution in [3.63, 3.8) is 0 Å². The van der Waals surface area contributed by atoms with Gasteiger partial charge < -0.3 is 20.3 Å². The molecule has 0 saturated carbocycles. The van der Waals surface area contributed by atoms with E-state index in [1.807, 2.05) is 7.05 Å². The van der Waals surface area contributed by atoms with Gasteiger partial charge in [-0.3, -0.25) is 9.89 Å². The third-order valence-electron chi connectivity index (χ3n) is 4.12. The summed E-state index contributed by atoms with van der Waals surface area (Å²) in [5.41, 5.74) is 0. The Hall–Kier alpha value is -0.850. The minimum atomic E-state index is 0.595. The molecule has 0 spiro atoms. The van der Waals surface area contributed by atoms with E-state index in [1.54, 1.807) is 7.11 Å². The van der Waals surface area contributed by atoms with E-state index in [2.05, 4.69) is 60.2 Å². The molecule has 24 heavy (non-hydrogen) atoms. The van der Waals surface area contributed by atoms with E-state index in [0.29, 0.717) is 12.1 Å². The molecule has 0 rings (SSSR count). The average molecular weight is 344 g/mol. The first-order valence-corrected chi connectivity index (χ1v) is 9.30. The molecule has 0 saturated heterocycles. The Morgan fingerprint density at radius 1 is 0.958 bits per heavy atom. The number of likely N-dealkylation sites (N-methyl/N-ethyl adjacent to an activating group) is 1. The number of nitrogens with zero attached hydrogens (tertiary/aromatic N) is 3. The van der Waals surface area contributed by atoms with Gasteiger partial charge in [-0.1, -0.05) is 0 Å². The highest BCUT2D eigenvalue weighted by Gasteiger charge is 2.12. The van der Waals surface area contributed by atoms with Crippen LogP contribution in [0.1, 0.15) is 40.5 Å². The number of aliphatic imine (C=N–C) groups is 1. The van der Waals surface area contributed by atoms with Crippen molar-refractivity contribution < 1.29 is 4.74 Å². The van der Waals surface area contributed by atoms with Crippen LogP contribution in [0, 0.1) is 0 Å². The van der Waals surface area contributed by atoms with Crippen LogP contribution in [0.2, 0.25) is 0 Å². The highest BCUT2D eigenvalue weighted by molar-refractivity contribution is 5.79. The number of nitrogens with one attached hydrogen (secondary N) is 2. The highest BCUT2D eigenvalue weighted by Crippen LogP contribution is 2.05. The minimum Gasteiger partial charge on any atom is -0.383 e. The second-order valence-corrected chi connectivity index (χ2v) is 6.85. The first-order chi connectivity index (χ1) is 11.4. The van der Waals surface area contributed by atoms with Gasteiger partial charge in [0.25, 0.3) is 0 Å². The van der Waals surface area contributed by atoms with Gasteiger partial charge >= 0.3 is 0 Å². The average Bonchev–Trinajstić information content (AvgIpc) is 2.53. The maximum absolute atomic E-state index is 5.09. The topological polar surface area (TPSA) is 52.1 Å². The fraction of sp³-hybridized carbons (Fsp3) is 0.944. The number of rotatable bonds is 13. The van der Waals surface area contributed by atoms with Gasteiger partial charge in [0.15, 0.2) is 5.96 Å². The van der Waals surface area contributed by atoms with E-state index in [9.17, 15) is 0 Å². The third kappa shape index (κ3) is 11.6. The maximum atomic E-state index is 5.09. The van der Waals surface area contributed by atoms with Crippen LogP contribution in [0.25, 0.3) is 0 Å². The number of guanidine groups is 1. The highest BCUT2D eigenvalue weighted by atomic mass is 16.5. The molecule has 0 unspecified atom stereocenters. The summed E-state index contributed by atoms with van der Waals surface area (Å²) < 4.78 is 5.09. The molecule has 144 valence electrons. The number of hydrogen-bond acceptors (Lipinski definition) is 4. The Kier molecular flexibility index (Phi) is 14.0. The molecule has 0 heterocycles. The van der Waals surface area contributed by atoms with Crippen molar-refractivity contribution in [2.24, 2.45) is 4.99 Å². The Bertz CT molecular complexity index is 313. The SMILES string of the molecule is CN=C(NCCCN(C)CCOC)NCCCN(C(C)C)C(C)C. The number of ether oxygens (including phenoxy) is 1. The molecule has 0 radical (unpaired) electrons. The van der Waals surface area contributed by atoms with Crippen LogP contribution >= 0.6 is 0 Å². The fourth-order valence-electron chi connectivity index (χ4n) is 2.72. The molecule has 0 bridgehead atoms. The van der Waals surface area contributed by atoms with Crippen LogP contribution in [0.3, 0.4) is 0 Å². The first kappa shape index (κ1) is 23.1. The lowest BCUT2D eigenvalue weighted by atomic mass is 10.2. The second-order valence-electron chi connectivity index (χ2n) is 6.85. The zero-order chi connectivity index (χ0) is 18.4. The molecule has 0 amide bonds. The molecule has 0 aromatic heterocycles. The number of hydrogen-bond donors (Lipinski definition) is 2. The lowest BCUT2D eigenvalue weighted by molar-refractivity contribution is 0.161. The van der Waals surface area contributed by atoms with Gasteiger partial charge in [0.2, 0.25) is 0 Å². The van der Waals surface area contributed by atoms with Crippen molar-refractivity contribution in [2.75, 3.05) is 60.5 Å². The summed E-state index contributed by atoms with van der Waals surface area (Å²) in [5, 5.41) is 6.79. The van der Waals surface area contributed by atoms with Crippen molar-refractivity contribution in [3.8, 4) is 0 Å². The summed E-state index contributed by atoms with van der Waals surface area (Å²) in [5.74, 6) is 0.898. The van der Waals surface area contributed by atoms with Crippen molar-refractivity contribution in [1.29, 1.82) is 0 Å². The van der Waals surface area contributed by atoms with E-state index in [4.69, 9.17) is 4.74 Å². The fourth-order valence-corrected chi connectivity index (χ4v) is 2.72. The lowest BCUT2D eigenvalue weighted by Gasteiger charge is -2.30. The van der Waals surface area contributed by atoms with Crippen molar-refractivity contribution in [3.05, 3.63) is 0 Å². The molecule has 0 atom stereocenters. The summed E-state index contributed by atoms with van der Waals surface area (Å²) in [6.45, 7) is 14.9. The summed E-state index contributed by atoms with van der Waals surface area (Å²) in [7, 11) is 5.70.